The molecule has 2 N–H and O–H groups in total. The molecule has 3 nitrogen and oxygen atoms in total. The number of ketones is 1. The van der Waals surface area contributed by atoms with Gasteiger partial charge in [-0.1, -0.05) is 0 Å². The number of hydrogen-bond donors (Lipinski definition) is 2. The van der Waals surface area contributed by atoms with Crippen molar-refractivity contribution in [2.75, 3.05) is 7.05 Å². The minimum Gasteiger partial charge on any atom is -0.367 e. The van der Waals surface area contributed by atoms with E-state index in [1.165, 1.54) is 0 Å². The van der Waals surface area contributed by atoms with Gasteiger partial charge in [0, 0.05) is 24.9 Å². The summed E-state index contributed by atoms with van der Waals surface area (Å²) in [7, 11) is 1.86. The van der Waals surface area contributed by atoms with Crippen LogP contribution in [0.25, 0.3) is 0 Å². The lowest BCUT2D eigenvalue weighted by molar-refractivity contribution is -0.117. The van der Waals surface area contributed by atoms with Gasteiger partial charge in [-0.15, -0.1) is 0 Å². The van der Waals surface area contributed by atoms with Crippen LogP contribution >= 0.6 is 0 Å². The molecule has 0 fully saturated rings. The molecule has 1 rings (SSSR count). The molecule has 0 aliphatic heterocycles. The standard InChI is InChI=1S/C9H14N2O/c1-7(12)5-9(10-2)8-3-4-11-6-8/h3-4,6,9-11H,5H2,1-2H3. The van der Waals surface area contributed by atoms with Gasteiger partial charge < -0.3 is 10.3 Å². The summed E-state index contributed by atoms with van der Waals surface area (Å²) in [4.78, 5) is 13.8. The van der Waals surface area contributed by atoms with E-state index in [2.05, 4.69) is 10.3 Å². The highest BCUT2D eigenvalue weighted by Gasteiger charge is 2.10. The first kappa shape index (κ1) is 9.00. The van der Waals surface area contributed by atoms with Gasteiger partial charge in [-0.3, -0.25) is 4.79 Å². The van der Waals surface area contributed by atoms with Crippen LogP contribution in [-0.4, -0.2) is 17.8 Å². The van der Waals surface area contributed by atoms with Gasteiger partial charge in [-0.2, -0.15) is 0 Å². The minimum atomic E-state index is 0.147. The fraction of sp³-hybridized carbons (Fsp3) is 0.444. The summed E-state index contributed by atoms with van der Waals surface area (Å²) in [6.07, 6.45) is 4.32. The number of aromatic amines is 1. The molecule has 0 aliphatic rings. The molecule has 1 atom stereocenters. The summed E-state index contributed by atoms with van der Waals surface area (Å²) in [5, 5.41) is 3.09. The number of Topliss-reactive ketones (excluding diaryl/α,β-unsaturated/α-hetero) is 1. The van der Waals surface area contributed by atoms with Crippen LogP contribution < -0.4 is 5.32 Å². The van der Waals surface area contributed by atoms with Crippen LogP contribution in [-0.2, 0) is 4.79 Å². The van der Waals surface area contributed by atoms with E-state index in [0.29, 0.717) is 6.42 Å². The Kier molecular flexibility index (Phi) is 3.05. The van der Waals surface area contributed by atoms with Gasteiger partial charge in [-0.05, 0) is 25.6 Å². The highest BCUT2D eigenvalue weighted by Crippen LogP contribution is 2.15. The Bertz CT molecular complexity index is 241. The second kappa shape index (κ2) is 4.07. The molecule has 1 aromatic heterocycles. The Hall–Kier alpha value is -1.09. The molecule has 0 aromatic carbocycles. The van der Waals surface area contributed by atoms with E-state index in [1.807, 2.05) is 25.5 Å². The molecule has 1 aromatic rings. The van der Waals surface area contributed by atoms with Crippen molar-refractivity contribution in [3.8, 4) is 0 Å². The Morgan fingerprint density at radius 2 is 2.50 bits per heavy atom. The fourth-order valence-corrected chi connectivity index (χ4v) is 1.23. The second-order valence-electron chi connectivity index (χ2n) is 2.89. The van der Waals surface area contributed by atoms with Crippen molar-refractivity contribution in [2.45, 2.75) is 19.4 Å². The number of nitrogens with one attached hydrogen (secondary N) is 2. The van der Waals surface area contributed by atoms with Crippen LogP contribution in [0.2, 0.25) is 0 Å². The molecular formula is C9H14N2O. The van der Waals surface area contributed by atoms with Gasteiger partial charge in [0.25, 0.3) is 0 Å². The van der Waals surface area contributed by atoms with Crippen molar-refractivity contribution >= 4 is 5.78 Å². The van der Waals surface area contributed by atoms with Crippen molar-refractivity contribution in [1.29, 1.82) is 0 Å². The Morgan fingerprint density at radius 3 is 2.92 bits per heavy atom. The van der Waals surface area contributed by atoms with Crippen molar-refractivity contribution < 1.29 is 4.79 Å². The Balaban J connectivity index is 2.63. The van der Waals surface area contributed by atoms with Crippen LogP contribution in [0.3, 0.4) is 0 Å². The van der Waals surface area contributed by atoms with Crippen LogP contribution in [0, 0.1) is 0 Å². The van der Waals surface area contributed by atoms with Crippen LogP contribution in [0.15, 0.2) is 18.5 Å². The topological polar surface area (TPSA) is 44.9 Å². The largest absolute Gasteiger partial charge is 0.367 e. The van der Waals surface area contributed by atoms with E-state index in [4.69, 9.17) is 0 Å². The van der Waals surface area contributed by atoms with Crippen LogP contribution in [0.4, 0.5) is 0 Å². The maximum absolute atomic E-state index is 10.9. The first-order chi connectivity index (χ1) is 5.74. The Morgan fingerprint density at radius 1 is 1.75 bits per heavy atom. The van der Waals surface area contributed by atoms with Gasteiger partial charge in [0.15, 0.2) is 0 Å². The molecule has 0 aliphatic carbocycles. The molecule has 0 bridgehead atoms. The smallest absolute Gasteiger partial charge is 0.131 e. The third kappa shape index (κ3) is 2.20. The number of carbonyl (C=O) groups is 1. The zero-order valence-corrected chi connectivity index (χ0v) is 7.42. The van der Waals surface area contributed by atoms with Gasteiger partial charge in [-0.25, -0.2) is 0 Å². The predicted molar refractivity (Wildman–Crippen MR) is 47.9 cm³/mol. The summed E-state index contributed by atoms with van der Waals surface area (Å²) < 4.78 is 0. The molecule has 12 heavy (non-hydrogen) atoms. The van der Waals surface area contributed by atoms with Gasteiger partial charge in [0.1, 0.15) is 5.78 Å². The zero-order valence-electron chi connectivity index (χ0n) is 7.42. The number of aromatic nitrogens is 1. The number of hydrogen-bond acceptors (Lipinski definition) is 2. The third-order valence-electron chi connectivity index (χ3n) is 1.86. The van der Waals surface area contributed by atoms with Crippen LogP contribution in [0.5, 0.6) is 0 Å². The first-order valence-corrected chi connectivity index (χ1v) is 4.03. The molecule has 66 valence electrons. The molecule has 1 unspecified atom stereocenters. The summed E-state index contributed by atoms with van der Waals surface area (Å²) in [5.41, 5.74) is 1.13. The molecule has 1 heterocycles. The monoisotopic (exact) mass is 166 g/mol. The zero-order chi connectivity index (χ0) is 8.97. The number of rotatable bonds is 4. The third-order valence-corrected chi connectivity index (χ3v) is 1.86. The van der Waals surface area contributed by atoms with E-state index in [-0.39, 0.29) is 11.8 Å². The highest BCUT2D eigenvalue weighted by atomic mass is 16.1. The average molecular weight is 166 g/mol. The van der Waals surface area contributed by atoms with E-state index < -0.39 is 0 Å². The lowest BCUT2D eigenvalue weighted by atomic mass is 10.1. The maximum Gasteiger partial charge on any atom is 0.131 e. The van der Waals surface area contributed by atoms with Gasteiger partial charge in [0.2, 0.25) is 0 Å². The lowest BCUT2D eigenvalue weighted by Gasteiger charge is -2.11. The summed E-state index contributed by atoms with van der Waals surface area (Å²) in [6, 6.07) is 2.12. The van der Waals surface area contributed by atoms with Crippen molar-refractivity contribution in [2.24, 2.45) is 0 Å². The maximum atomic E-state index is 10.9. The molecule has 0 spiro atoms. The fourth-order valence-electron chi connectivity index (χ4n) is 1.23. The molecule has 0 radical (unpaired) electrons. The SMILES string of the molecule is CNC(CC(C)=O)c1cc[nH]c1. The molecular weight excluding hydrogens is 152 g/mol. The predicted octanol–water partition coefficient (Wildman–Crippen LogP) is 1.25. The molecule has 3 heteroatoms. The van der Waals surface area contributed by atoms with Crippen molar-refractivity contribution in [1.82, 2.24) is 10.3 Å². The van der Waals surface area contributed by atoms with E-state index in [9.17, 15) is 4.79 Å². The van der Waals surface area contributed by atoms with Crippen molar-refractivity contribution in [3.63, 3.8) is 0 Å². The van der Waals surface area contributed by atoms with Crippen molar-refractivity contribution in [3.05, 3.63) is 24.0 Å². The second-order valence-corrected chi connectivity index (χ2v) is 2.89. The van der Waals surface area contributed by atoms with Gasteiger partial charge >= 0.3 is 0 Å². The minimum absolute atomic E-state index is 0.147. The Labute approximate surface area is 72.2 Å². The molecule has 0 amide bonds. The van der Waals surface area contributed by atoms with E-state index in [0.717, 1.165) is 5.56 Å². The van der Waals surface area contributed by atoms with Crippen LogP contribution in [0.1, 0.15) is 24.9 Å². The highest BCUT2D eigenvalue weighted by molar-refractivity contribution is 5.76. The molecule has 0 saturated heterocycles. The molecule has 0 saturated carbocycles. The summed E-state index contributed by atoms with van der Waals surface area (Å²) >= 11 is 0. The summed E-state index contributed by atoms with van der Waals surface area (Å²) in [6.45, 7) is 1.61. The normalized spacial score (nSPS) is 12.8. The first-order valence-electron chi connectivity index (χ1n) is 4.03. The average Bonchev–Trinajstić information content (AvgIpc) is 2.51. The quantitative estimate of drug-likeness (QED) is 0.707. The number of carbonyl (C=O) groups excluding carboxylic acids is 1. The number of H-pyrrole nitrogens is 1. The summed E-state index contributed by atoms with van der Waals surface area (Å²) in [5.74, 6) is 0.204. The van der Waals surface area contributed by atoms with Gasteiger partial charge in [0.05, 0.1) is 0 Å². The lowest BCUT2D eigenvalue weighted by Crippen LogP contribution is -2.18. The van der Waals surface area contributed by atoms with E-state index >= 15 is 0 Å². The van der Waals surface area contributed by atoms with E-state index in [1.54, 1.807) is 6.92 Å².